The molecule has 0 unspecified atom stereocenters. The molecule has 2 atom stereocenters. The van der Waals surface area contributed by atoms with Gasteiger partial charge in [-0.05, 0) is 6.42 Å². The van der Waals surface area contributed by atoms with Crippen LogP contribution in [0.1, 0.15) is 12.8 Å². The maximum Gasteiger partial charge on any atom is 0.303 e. The predicted molar refractivity (Wildman–Crippen MR) is 35.5 cm³/mol. The summed E-state index contributed by atoms with van der Waals surface area (Å²) in [6, 6.07) is 0. The molecule has 1 aliphatic carbocycles. The minimum atomic E-state index is -0.840. The Morgan fingerprint density at radius 3 is 2.80 bits per heavy atom. The van der Waals surface area contributed by atoms with Crippen LogP contribution in [0.25, 0.3) is 0 Å². The molecule has 0 amide bonds. The minimum Gasteiger partial charge on any atom is -0.481 e. The number of aliphatic hydroxyl groups excluding tert-OH is 1. The summed E-state index contributed by atoms with van der Waals surface area (Å²) in [5.74, 6) is -0.940. The third-order valence-electron chi connectivity index (χ3n) is 1.69. The van der Waals surface area contributed by atoms with Crippen molar-refractivity contribution >= 4 is 5.97 Å². The molecule has 1 aliphatic rings. The highest BCUT2D eigenvalue weighted by atomic mass is 16.4. The number of hydrogen-bond donors (Lipinski definition) is 2. The zero-order valence-corrected chi connectivity index (χ0v) is 5.53. The van der Waals surface area contributed by atoms with Crippen molar-refractivity contribution < 1.29 is 15.0 Å². The molecular formula is C7H10O3. The topological polar surface area (TPSA) is 57.5 Å². The van der Waals surface area contributed by atoms with Crippen molar-refractivity contribution in [2.75, 3.05) is 0 Å². The summed E-state index contributed by atoms with van der Waals surface area (Å²) in [7, 11) is 0. The molecule has 0 aromatic heterocycles. The van der Waals surface area contributed by atoms with Crippen LogP contribution in [0.15, 0.2) is 12.2 Å². The number of rotatable bonds is 2. The molecule has 0 aromatic rings. The molecule has 2 N–H and O–H groups in total. The van der Waals surface area contributed by atoms with Crippen molar-refractivity contribution in [3.63, 3.8) is 0 Å². The number of aliphatic carboxylic acids is 1. The second kappa shape index (κ2) is 2.84. The molecule has 0 saturated heterocycles. The van der Waals surface area contributed by atoms with Crippen molar-refractivity contribution in [3.05, 3.63) is 12.2 Å². The quantitative estimate of drug-likeness (QED) is 0.548. The van der Waals surface area contributed by atoms with E-state index in [1.54, 1.807) is 6.08 Å². The lowest BCUT2D eigenvalue weighted by Gasteiger charge is -2.09. The number of allylic oxidation sites excluding steroid dienone is 1. The van der Waals surface area contributed by atoms with Crippen molar-refractivity contribution in [2.24, 2.45) is 5.92 Å². The number of carboxylic acid groups (broad SMARTS) is 1. The van der Waals surface area contributed by atoms with E-state index < -0.39 is 12.1 Å². The lowest BCUT2D eigenvalue weighted by molar-refractivity contribution is -0.138. The van der Waals surface area contributed by atoms with E-state index in [2.05, 4.69) is 0 Å². The fraction of sp³-hybridized carbons (Fsp3) is 0.571. The first-order valence-corrected chi connectivity index (χ1v) is 3.26. The normalized spacial score (nSPS) is 30.9. The van der Waals surface area contributed by atoms with Gasteiger partial charge in [0.1, 0.15) is 0 Å². The van der Waals surface area contributed by atoms with Gasteiger partial charge in [0.2, 0.25) is 0 Å². The molecule has 0 heterocycles. The van der Waals surface area contributed by atoms with Gasteiger partial charge in [-0.1, -0.05) is 12.2 Å². The van der Waals surface area contributed by atoms with Crippen LogP contribution in [0.5, 0.6) is 0 Å². The van der Waals surface area contributed by atoms with Gasteiger partial charge in [-0.2, -0.15) is 0 Å². The first kappa shape index (κ1) is 7.28. The van der Waals surface area contributed by atoms with Gasteiger partial charge in [-0.15, -0.1) is 0 Å². The molecule has 0 aliphatic heterocycles. The number of hydrogen-bond acceptors (Lipinski definition) is 2. The highest BCUT2D eigenvalue weighted by molar-refractivity contribution is 5.67. The van der Waals surface area contributed by atoms with Crippen molar-refractivity contribution in [1.82, 2.24) is 0 Å². The van der Waals surface area contributed by atoms with Gasteiger partial charge < -0.3 is 10.2 Å². The Hall–Kier alpha value is -0.830. The summed E-state index contributed by atoms with van der Waals surface area (Å²) >= 11 is 0. The van der Waals surface area contributed by atoms with E-state index in [0.29, 0.717) is 6.42 Å². The average molecular weight is 142 g/mol. The molecule has 0 bridgehead atoms. The monoisotopic (exact) mass is 142 g/mol. The summed E-state index contributed by atoms with van der Waals surface area (Å²) in [5.41, 5.74) is 0. The molecule has 0 aromatic carbocycles. The Kier molecular flexibility index (Phi) is 2.06. The Morgan fingerprint density at radius 1 is 1.70 bits per heavy atom. The lowest BCUT2D eigenvalue weighted by Crippen LogP contribution is -2.16. The van der Waals surface area contributed by atoms with E-state index in [1.807, 2.05) is 6.08 Å². The highest BCUT2D eigenvalue weighted by Crippen LogP contribution is 2.21. The van der Waals surface area contributed by atoms with Gasteiger partial charge in [0.05, 0.1) is 12.5 Å². The third-order valence-corrected chi connectivity index (χ3v) is 1.69. The number of aliphatic hydroxyl groups is 1. The van der Waals surface area contributed by atoms with Crippen LogP contribution in [0.3, 0.4) is 0 Å². The van der Waals surface area contributed by atoms with Crippen molar-refractivity contribution in [1.29, 1.82) is 0 Å². The van der Waals surface area contributed by atoms with E-state index in [-0.39, 0.29) is 12.3 Å². The first-order chi connectivity index (χ1) is 4.70. The van der Waals surface area contributed by atoms with E-state index in [0.717, 1.165) is 0 Å². The molecule has 3 nitrogen and oxygen atoms in total. The molecule has 1 rings (SSSR count). The van der Waals surface area contributed by atoms with Crippen LogP contribution >= 0.6 is 0 Å². The Bertz CT molecular complexity index is 162. The molecule has 0 saturated carbocycles. The molecule has 3 heteroatoms. The van der Waals surface area contributed by atoms with E-state index in [9.17, 15) is 4.79 Å². The van der Waals surface area contributed by atoms with Crippen molar-refractivity contribution in [3.8, 4) is 0 Å². The van der Waals surface area contributed by atoms with Crippen LogP contribution < -0.4 is 0 Å². The van der Waals surface area contributed by atoms with Gasteiger partial charge in [0.25, 0.3) is 0 Å². The zero-order valence-electron chi connectivity index (χ0n) is 5.53. The lowest BCUT2D eigenvalue weighted by atomic mass is 10.0. The van der Waals surface area contributed by atoms with Gasteiger partial charge in [-0.25, -0.2) is 0 Å². The minimum absolute atomic E-state index is 0.0637. The predicted octanol–water partition coefficient (Wildman–Crippen LogP) is 0.398. The van der Waals surface area contributed by atoms with Gasteiger partial charge >= 0.3 is 5.97 Å². The SMILES string of the molecule is O=C(O)C[C@H]1CC=C[C@H]1O. The highest BCUT2D eigenvalue weighted by Gasteiger charge is 2.22. The van der Waals surface area contributed by atoms with Crippen LogP contribution in [0, 0.1) is 5.92 Å². The summed E-state index contributed by atoms with van der Waals surface area (Å²) in [6.07, 6.45) is 3.67. The fourth-order valence-electron chi connectivity index (χ4n) is 1.12. The largest absolute Gasteiger partial charge is 0.481 e. The van der Waals surface area contributed by atoms with Crippen LogP contribution in [-0.4, -0.2) is 22.3 Å². The smallest absolute Gasteiger partial charge is 0.303 e. The maximum atomic E-state index is 10.2. The Balaban J connectivity index is 2.37. The first-order valence-electron chi connectivity index (χ1n) is 3.26. The molecule has 0 spiro atoms. The summed E-state index contributed by atoms with van der Waals surface area (Å²) in [4.78, 5) is 10.2. The zero-order chi connectivity index (χ0) is 7.56. The second-order valence-corrected chi connectivity index (χ2v) is 2.51. The Labute approximate surface area is 59.0 Å². The fourth-order valence-corrected chi connectivity index (χ4v) is 1.12. The summed E-state index contributed by atoms with van der Waals surface area (Å²) in [6.45, 7) is 0. The molecule has 10 heavy (non-hydrogen) atoms. The van der Waals surface area contributed by atoms with E-state index in [4.69, 9.17) is 10.2 Å². The summed E-state index contributed by atoms with van der Waals surface area (Å²) in [5, 5.41) is 17.4. The number of carbonyl (C=O) groups is 1. The van der Waals surface area contributed by atoms with Crippen LogP contribution in [-0.2, 0) is 4.79 Å². The standard InChI is InChI=1S/C7H10O3/c8-6-3-1-2-5(6)4-7(9)10/h1,3,5-6,8H,2,4H2,(H,9,10)/t5-,6-/m1/s1. The van der Waals surface area contributed by atoms with E-state index >= 15 is 0 Å². The maximum absolute atomic E-state index is 10.2. The van der Waals surface area contributed by atoms with Crippen LogP contribution in [0.4, 0.5) is 0 Å². The molecule has 0 fully saturated rings. The van der Waals surface area contributed by atoms with Gasteiger partial charge in [0.15, 0.2) is 0 Å². The van der Waals surface area contributed by atoms with Crippen LogP contribution in [0.2, 0.25) is 0 Å². The Morgan fingerprint density at radius 2 is 2.40 bits per heavy atom. The summed E-state index contributed by atoms with van der Waals surface area (Å²) < 4.78 is 0. The van der Waals surface area contributed by atoms with Gasteiger partial charge in [0, 0.05) is 5.92 Å². The van der Waals surface area contributed by atoms with Gasteiger partial charge in [-0.3, -0.25) is 4.79 Å². The average Bonchev–Trinajstić information content (AvgIpc) is 2.15. The second-order valence-electron chi connectivity index (χ2n) is 2.51. The molecule has 56 valence electrons. The number of carboxylic acids is 1. The van der Waals surface area contributed by atoms with E-state index in [1.165, 1.54) is 0 Å². The molecular weight excluding hydrogens is 132 g/mol. The third kappa shape index (κ3) is 1.57. The van der Waals surface area contributed by atoms with Crippen molar-refractivity contribution in [2.45, 2.75) is 18.9 Å². The molecule has 0 radical (unpaired) electrons.